The predicted octanol–water partition coefficient (Wildman–Crippen LogP) is 2.37. The highest BCUT2D eigenvalue weighted by molar-refractivity contribution is 5.91. The number of carbonyl (C=O) groups excluding carboxylic acids is 1. The minimum atomic E-state index is -0.101. The van der Waals surface area contributed by atoms with Gasteiger partial charge in [-0.1, -0.05) is 17.3 Å². The highest BCUT2D eigenvalue weighted by atomic mass is 16.5. The third-order valence-corrected chi connectivity index (χ3v) is 3.39. The van der Waals surface area contributed by atoms with Gasteiger partial charge in [-0.3, -0.25) is 4.79 Å². The maximum Gasteiger partial charge on any atom is 0.293 e. The van der Waals surface area contributed by atoms with Gasteiger partial charge >= 0.3 is 0 Å². The smallest absolute Gasteiger partial charge is 0.293 e. The fraction of sp³-hybridized carbons (Fsp3) is 0.333. The molecular weight excluding hydrogens is 254 g/mol. The van der Waals surface area contributed by atoms with Crippen LogP contribution in [0.25, 0.3) is 0 Å². The van der Waals surface area contributed by atoms with E-state index in [4.69, 9.17) is 10.3 Å². The Labute approximate surface area is 117 Å². The number of aryl methyl sites for hydroxylation is 1. The Hall–Kier alpha value is -2.30. The lowest BCUT2D eigenvalue weighted by molar-refractivity contribution is 0.0687. The first-order valence-electron chi connectivity index (χ1n) is 6.72. The Kier molecular flexibility index (Phi) is 3.18. The van der Waals surface area contributed by atoms with E-state index in [-0.39, 0.29) is 5.91 Å². The Morgan fingerprint density at radius 1 is 1.45 bits per heavy atom. The number of hydrogen-bond acceptors (Lipinski definition) is 4. The van der Waals surface area contributed by atoms with Crippen LogP contribution in [-0.4, -0.2) is 22.0 Å². The molecule has 0 bridgehead atoms. The molecular formula is C15H17N3O2. The van der Waals surface area contributed by atoms with Crippen LogP contribution in [0.2, 0.25) is 0 Å². The highest BCUT2D eigenvalue weighted by Gasteiger charge is 2.34. The van der Waals surface area contributed by atoms with Crippen LogP contribution in [0.3, 0.4) is 0 Å². The number of aromatic nitrogens is 1. The van der Waals surface area contributed by atoms with Crippen molar-refractivity contribution in [3.8, 4) is 0 Å². The Morgan fingerprint density at radius 3 is 2.85 bits per heavy atom. The lowest BCUT2D eigenvalue weighted by atomic mass is 10.2. The van der Waals surface area contributed by atoms with Gasteiger partial charge in [-0.2, -0.15) is 0 Å². The van der Waals surface area contributed by atoms with Crippen molar-refractivity contribution in [2.24, 2.45) is 0 Å². The summed E-state index contributed by atoms with van der Waals surface area (Å²) in [6.45, 7) is 2.36. The first-order valence-corrected chi connectivity index (χ1v) is 6.72. The molecule has 2 N–H and O–H groups in total. The van der Waals surface area contributed by atoms with Gasteiger partial charge < -0.3 is 15.2 Å². The third kappa shape index (κ3) is 2.66. The number of rotatable bonds is 4. The first kappa shape index (κ1) is 12.7. The zero-order valence-electron chi connectivity index (χ0n) is 11.4. The number of carbonyl (C=O) groups is 1. The molecule has 104 valence electrons. The quantitative estimate of drug-likeness (QED) is 0.866. The van der Waals surface area contributed by atoms with Gasteiger partial charge in [0.05, 0.1) is 5.69 Å². The second-order valence-electron chi connectivity index (χ2n) is 5.24. The van der Waals surface area contributed by atoms with Crippen LogP contribution >= 0.6 is 0 Å². The molecule has 1 amide bonds. The summed E-state index contributed by atoms with van der Waals surface area (Å²) < 4.78 is 5.08. The van der Waals surface area contributed by atoms with Crippen molar-refractivity contribution in [1.29, 1.82) is 0 Å². The molecule has 0 saturated heterocycles. The Balaban J connectivity index is 1.81. The van der Waals surface area contributed by atoms with E-state index in [1.807, 2.05) is 29.2 Å². The van der Waals surface area contributed by atoms with Gasteiger partial charge in [0.15, 0.2) is 0 Å². The second-order valence-corrected chi connectivity index (χ2v) is 5.24. The summed E-state index contributed by atoms with van der Waals surface area (Å²) in [4.78, 5) is 14.3. The number of nitrogen functional groups attached to an aromatic ring is 1. The molecule has 5 nitrogen and oxygen atoms in total. The maximum absolute atomic E-state index is 12.5. The van der Waals surface area contributed by atoms with Crippen LogP contribution in [0.5, 0.6) is 0 Å². The first-order chi connectivity index (χ1) is 9.63. The average Bonchev–Trinajstić information content (AvgIpc) is 3.17. The van der Waals surface area contributed by atoms with Crippen LogP contribution in [-0.2, 0) is 6.54 Å². The van der Waals surface area contributed by atoms with Gasteiger partial charge in [-0.25, -0.2) is 0 Å². The fourth-order valence-electron chi connectivity index (χ4n) is 2.25. The standard InChI is InChI=1S/C15H17N3O2/c1-10-7-14(20-17-10)15(19)18(13-5-6-13)9-11-3-2-4-12(16)8-11/h2-4,7-8,13H,5-6,9,16H2,1H3. The lowest BCUT2D eigenvalue weighted by Gasteiger charge is -2.21. The number of benzene rings is 1. The van der Waals surface area contributed by atoms with E-state index < -0.39 is 0 Å². The molecule has 0 radical (unpaired) electrons. The topological polar surface area (TPSA) is 72.4 Å². The van der Waals surface area contributed by atoms with Crippen LogP contribution in [0.15, 0.2) is 34.9 Å². The third-order valence-electron chi connectivity index (χ3n) is 3.39. The molecule has 0 atom stereocenters. The van der Waals surface area contributed by atoms with Crippen molar-refractivity contribution in [1.82, 2.24) is 10.1 Å². The summed E-state index contributed by atoms with van der Waals surface area (Å²) >= 11 is 0. The summed E-state index contributed by atoms with van der Waals surface area (Å²) in [5.74, 6) is 0.203. The molecule has 5 heteroatoms. The lowest BCUT2D eigenvalue weighted by Crippen LogP contribution is -2.32. The number of anilines is 1. The molecule has 1 aliphatic carbocycles. The minimum Gasteiger partial charge on any atom is -0.399 e. The average molecular weight is 271 g/mol. The maximum atomic E-state index is 12.5. The highest BCUT2D eigenvalue weighted by Crippen LogP contribution is 2.30. The van der Waals surface area contributed by atoms with Gasteiger partial charge in [0.2, 0.25) is 5.76 Å². The monoisotopic (exact) mass is 271 g/mol. The van der Waals surface area contributed by atoms with Gasteiger partial charge in [0.1, 0.15) is 0 Å². The molecule has 20 heavy (non-hydrogen) atoms. The van der Waals surface area contributed by atoms with E-state index in [1.54, 1.807) is 13.0 Å². The van der Waals surface area contributed by atoms with Crippen molar-refractivity contribution in [3.05, 3.63) is 47.3 Å². The van der Waals surface area contributed by atoms with E-state index >= 15 is 0 Å². The van der Waals surface area contributed by atoms with Crippen molar-refractivity contribution < 1.29 is 9.32 Å². The molecule has 1 heterocycles. The van der Waals surface area contributed by atoms with E-state index in [0.29, 0.717) is 29.7 Å². The number of nitrogens with zero attached hydrogens (tertiary/aromatic N) is 2. The van der Waals surface area contributed by atoms with Crippen molar-refractivity contribution in [3.63, 3.8) is 0 Å². The molecule has 0 spiro atoms. The minimum absolute atomic E-state index is 0.101. The SMILES string of the molecule is Cc1cc(C(=O)N(Cc2cccc(N)c2)C2CC2)on1. The Morgan fingerprint density at radius 2 is 2.25 bits per heavy atom. The molecule has 0 aliphatic heterocycles. The van der Waals surface area contributed by atoms with Crippen molar-refractivity contribution in [2.45, 2.75) is 32.4 Å². The summed E-state index contributed by atoms with van der Waals surface area (Å²) in [5.41, 5.74) is 8.24. The number of nitrogens with two attached hydrogens (primary N) is 1. The summed E-state index contributed by atoms with van der Waals surface area (Å²) in [6.07, 6.45) is 2.09. The molecule has 1 saturated carbocycles. The number of hydrogen-bond donors (Lipinski definition) is 1. The van der Waals surface area contributed by atoms with Gasteiger partial charge in [0.25, 0.3) is 5.91 Å². The zero-order valence-corrected chi connectivity index (χ0v) is 11.4. The van der Waals surface area contributed by atoms with E-state index in [1.165, 1.54) is 0 Å². The fourth-order valence-corrected chi connectivity index (χ4v) is 2.25. The summed E-state index contributed by atoms with van der Waals surface area (Å²) in [7, 11) is 0. The predicted molar refractivity (Wildman–Crippen MR) is 75.0 cm³/mol. The molecule has 0 unspecified atom stereocenters. The largest absolute Gasteiger partial charge is 0.399 e. The Bertz CT molecular complexity index is 632. The van der Waals surface area contributed by atoms with E-state index in [2.05, 4.69) is 5.16 Å². The summed E-state index contributed by atoms with van der Waals surface area (Å²) in [5, 5.41) is 3.78. The van der Waals surface area contributed by atoms with Crippen LogP contribution in [0.4, 0.5) is 5.69 Å². The van der Waals surface area contributed by atoms with Gasteiger partial charge in [0, 0.05) is 24.3 Å². The van der Waals surface area contributed by atoms with Crippen LogP contribution in [0.1, 0.15) is 34.7 Å². The second kappa shape index (κ2) is 5.00. The molecule has 1 fully saturated rings. The van der Waals surface area contributed by atoms with Crippen LogP contribution < -0.4 is 5.73 Å². The molecule has 3 rings (SSSR count). The van der Waals surface area contributed by atoms with E-state index in [9.17, 15) is 4.79 Å². The van der Waals surface area contributed by atoms with Crippen molar-refractivity contribution in [2.75, 3.05) is 5.73 Å². The molecule has 1 aromatic heterocycles. The number of amides is 1. The van der Waals surface area contributed by atoms with Crippen LogP contribution in [0, 0.1) is 6.92 Å². The van der Waals surface area contributed by atoms with Crippen molar-refractivity contribution >= 4 is 11.6 Å². The molecule has 1 aliphatic rings. The van der Waals surface area contributed by atoms with E-state index in [0.717, 1.165) is 18.4 Å². The molecule has 2 aromatic rings. The van der Waals surface area contributed by atoms with Gasteiger partial charge in [-0.05, 0) is 37.5 Å². The zero-order chi connectivity index (χ0) is 14.1. The summed E-state index contributed by atoms with van der Waals surface area (Å²) in [6, 6.07) is 9.59. The molecule has 1 aromatic carbocycles. The normalized spacial score (nSPS) is 14.2. The van der Waals surface area contributed by atoms with Gasteiger partial charge in [-0.15, -0.1) is 0 Å².